The first-order valence-corrected chi connectivity index (χ1v) is 8.49. The number of hydrogen-bond donors (Lipinski definition) is 1. The van der Waals surface area contributed by atoms with E-state index in [1.54, 1.807) is 36.4 Å². The minimum atomic E-state index is -0.496. The monoisotopic (exact) mass is 375 g/mol. The number of anilines is 1. The molecule has 0 spiro atoms. The minimum Gasteiger partial charge on any atom is -0.486 e. The Kier molecular flexibility index (Phi) is 5.63. The molecule has 26 heavy (non-hydrogen) atoms. The number of esters is 1. The molecular weight excluding hydrogens is 358 g/mol. The van der Waals surface area contributed by atoms with Gasteiger partial charge < -0.3 is 19.5 Å². The third-order valence-corrected chi connectivity index (χ3v) is 4.02. The van der Waals surface area contributed by atoms with E-state index in [0.29, 0.717) is 35.4 Å². The molecule has 0 unspecified atom stereocenters. The van der Waals surface area contributed by atoms with Gasteiger partial charge in [-0.25, -0.2) is 0 Å². The Labute approximate surface area is 156 Å². The van der Waals surface area contributed by atoms with E-state index in [9.17, 15) is 9.59 Å². The van der Waals surface area contributed by atoms with Crippen LogP contribution in [0.15, 0.2) is 36.4 Å². The molecule has 1 aliphatic rings. The number of carbonyl (C=O) groups is 2. The summed E-state index contributed by atoms with van der Waals surface area (Å²) < 4.78 is 16.0. The highest BCUT2D eigenvalue weighted by molar-refractivity contribution is 6.30. The van der Waals surface area contributed by atoms with Gasteiger partial charge in [0.25, 0.3) is 5.91 Å². The van der Waals surface area contributed by atoms with E-state index in [1.807, 2.05) is 6.92 Å². The number of ether oxygens (including phenoxy) is 3. The second-order valence-electron chi connectivity index (χ2n) is 5.82. The lowest BCUT2D eigenvalue weighted by Crippen LogP contribution is -2.22. The average Bonchev–Trinajstić information content (AvgIpc) is 2.62. The van der Waals surface area contributed by atoms with Gasteiger partial charge in [0.1, 0.15) is 13.2 Å². The van der Waals surface area contributed by atoms with Crippen LogP contribution < -0.4 is 14.8 Å². The quantitative estimate of drug-likeness (QED) is 0.813. The molecule has 0 aliphatic carbocycles. The van der Waals surface area contributed by atoms with Crippen LogP contribution >= 0.6 is 11.6 Å². The number of hydrogen-bond acceptors (Lipinski definition) is 5. The maximum Gasteiger partial charge on any atom is 0.310 e. The highest BCUT2D eigenvalue weighted by atomic mass is 35.5. The molecule has 1 heterocycles. The van der Waals surface area contributed by atoms with Gasteiger partial charge in [-0.15, -0.1) is 0 Å². The van der Waals surface area contributed by atoms with E-state index < -0.39 is 11.9 Å². The number of amides is 1. The summed E-state index contributed by atoms with van der Waals surface area (Å²) in [5, 5.41) is 3.28. The van der Waals surface area contributed by atoms with Crippen molar-refractivity contribution in [3.05, 3.63) is 52.5 Å². The predicted octanol–water partition coefficient (Wildman–Crippen LogP) is 3.14. The summed E-state index contributed by atoms with van der Waals surface area (Å²) in [5.41, 5.74) is 2.18. The van der Waals surface area contributed by atoms with Crippen molar-refractivity contribution < 1.29 is 23.8 Å². The fourth-order valence-electron chi connectivity index (χ4n) is 2.52. The molecule has 7 heteroatoms. The second kappa shape index (κ2) is 8.10. The zero-order chi connectivity index (χ0) is 18.5. The Hall–Kier alpha value is -2.73. The van der Waals surface area contributed by atoms with Crippen LogP contribution in [-0.2, 0) is 20.7 Å². The third kappa shape index (κ3) is 4.67. The van der Waals surface area contributed by atoms with Crippen LogP contribution in [0.3, 0.4) is 0 Å². The van der Waals surface area contributed by atoms with E-state index in [1.165, 1.54) is 0 Å². The Morgan fingerprint density at radius 1 is 1.12 bits per heavy atom. The molecule has 3 rings (SSSR count). The standard InChI is InChI=1S/C19H18ClNO5/c1-12-8-14(20)3-4-15(12)21-18(22)11-26-19(23)10-13-2-5-16-17(9-13)25-7-6-24-16/h2-5,8-9H,6-7,10-11H2,1H3,(H,21,22). The van der Waals surface area contributed by atoms with E-state index in [-0.39, 0.29) is 13.0 Å². The lowest BCUT2D eigenvalue weighted by molar-refractivity contribution is -0.146. The van der Waals surface area contributed by atoms with Crippen molar-refractivity contribution in [1.82, 2.24) is 0 Å². The molecule has 1 N–H and O–H groups in total. The Morgan fingerprint density at radius 3 is 2.65 bits per heavy atom. The van der Waals surface area contributed by atoms with Gasteiger partial charge in [0, 0.05) is 10.7 Å². The molecule has 0 fully saturated rings. The van der Waals surface area contributed by atoms with Crippen molar-refractivity contribution in [2.24, 2.45) is 0 Å². The van der Waals surface area contributed by atoms with Gasteiger partial charge in [0.05, 0.1) is 6.42 Å². The maximum absolute atomic E-state index is 12.0. The number of aryl methyl sites for hydroxylation is 1. The van der Waals surface area contributed by atoms with Crippen LogP contribution in [0.5, 0.6) is 11.5 Å². The molecule has 6 nitrogen and oxygen atoms in total. The van der Waals surface area contributed by atoms with Gasteiger partial charge >= 0.3 is 5.97 Å². The van der Waals surface area contributed by atoms with E-state index in [4.69, 9.17) is 25.8 Å². The van der Waals surface area contributed by atoms with Crippen molar-refractivity contribution in [1.29, 1.82) is 0 Å². The van der Waals surface area contributed by atoms with Crippen molar-refractivity contribution in [2.75, 3.05) is 25.1 Å². The molecule has 0 radical (unpaired) electrons. The summed E-state index contributed by atoms with van der Waals surface area (Å²) in [6.07, 6.45) is 0.0455. The molecule has 0 bridgehead atoms. The first kappa shape index (κ1) is 18.1. The number of halogens is 1. The number of benzene rings is 2. The van der Waals surface area contributed by atoms with E-state index in [0.717, 1.165) is 11.1 Å². The Bertz CT molecular complexity index is 837. The molecule has 2 aromatic rings. The number of nitrogens with one attached hydrogen (secondary N) is 1. The molecule has 136 valence electrons. The van der Waals surface area contributed by atoms with Gasteiger partial charge in [-0.1, -0.05) is 17.7 Å². The SMILES string of the molecule is Cc1cc(Cl)ccc1NC(=O)COC(=O)Cc1ccc2c(c1)OCCO2. The predicted molar refractivity (Wildman–Crippen MR) is 96.9 cm³/mol. The van der Waals surface area contributed by atoms with Crippen LogP contribution in [0.1, 0.15) is 11.1 Å². The summed E-state index contributed by atoms with van der Waals surface area (Å²) >= 11 is 5.88. The van der Waals surface area contributed by atoms with Crippen molar-refractivity contribution in [3.63, 3.8) is 0 Å². The molecular formula is C19H18ClNO5. The van der Waals surface area contributed by atoms with Crippen LogP contribution in [0.4, 0.5) is 5.69 Å². The number of carbonyl (C=O) groups excluding carboxylic acids is 2. The summed E-state index contributed by atoms with van der Waals surface area (Å²) in [4.78, 5) is 23.9. The second-order valence-corrected chi connectivity index (χ2v) is 6.26. The smallest absolute Gasteiger partial charge is 0.310 e. The molecule has 0 aromatic heterocycles. The number of fused-ring (bicyclic) bond motifs is 1. The first-order chi connectivity index (χ1) is 12.5. The summed E-state index contributed by atoms with van der Waals surface area (Å²) in [6.45, 7) is 2.46. The lowest BCUT2D eigenvalue weighted by atomic mass is 10.1. The van der Waals surface area contributed by atoms with Crippen LogP contribution in [0.2, 0.25) is 5.02 Å². The van der Waals surface area contributed by atoms with Crippen LogP contribution in [0.25, 0.3) is 0 Å². The van der Waals surface area contributed by atoms with Gasteiger partial charge in [-0.05, 0) is 48.4 Å². The van der Waals surface area contributed by atoms with Crippen LogP contribution in [0, 0.1) is 6.92 Å². The van der Waals surface area contributed by atoms with Crippen molar-refractivity contribution >= 4 is 29.2 Å². The minimum absolute atomic E-state index is 0.0455. The molecule has 0 saturated heterocycles. The highest BCUT2D eigenvalue weighted by Gasteiger charge is 2.14. The maximum atomic E-state index is 12.0. The largest absolute Gasteiger partial charge is 0.486 e. The first-order valence-electron chi connectivity index (χ1n) is 8.11. The molecule has 2 aromatic carbocycles. The Morgan fingerprint density at radius 2 is 1.88 bits per heavy atom. The normalized spacial score (nSPS) is 12.4. The highest BCUT2D eigenvalue weighted by Crippen LogP contribution is 2.30. The fourth-order valence-corrected chi connectivity index (χ4v) is 2.74. The van der Waals surface area contributed by atoms with Gasteiger partial charge in [-0.3, -0.25) is 9.59 Å². The zero-order valence-corrected chi connectivity index (χ0v) is 15.0. The topological polar surface area (TPSA) is 73.9 Å². The van der Waals surface area contributed by atoms with Gasteiger partial charge in [0.2, 0.25) is 0 Å². The lowest BCUT2D eigenvalue weighted by Gasteiger charge is -2.18. The molecule has 1 aliphatic heterocycles. The van der Waals surface area contributed by atoms with Gasteiger partial charge in [0.15, 0.2) is 18.1 Å². The third-order valence-electron chi connectivity index (χ3n) is 3.78. The molecule has 1 amide bonds. The van der Waals surface area contributed by atoms with Gasteiger partial charge in [-0.2, -0.15) is 0 Å². The number of rotatable bonds is 5. The zero-order valence-electron chi connectivity index (χ0n) is 14.2. The molecule has 0 saturated carbocycles. The van der Waals surface area contributed by atoms with Crippen LogP contribution in [-0.4, -0.2) is 31.7 Å². The average molecular weight is 376 g/mol. The summed E-state index contributed by atoms with van der Waals surface area (Å²) in [6, 6.07) is 10.4. The van der Waals surface area contributed by atoms with E-state index >= 15 is 0 Å². The van der Waals surface area contributed by atoms with Crippen molar-refractivity contribution in [3.8, 4) is 11.5 Å². The summed E-state index contributed by atoms with van der Waals surface area (Å²) in [5.74, 6) is 0.360. The molecule has 0 atom stereocenters. The van der Waals surface area contributed by atoms with Crippen molar-refractivity contribution in [2.45, 2.75) is 13.3 Å². The summed E-state index contributed by atoms with van der Waals surface area (Å²) in [7, 11) is 0. The Balaban J connectivity index is 1.50. The fraction of sp³-hybridized carbons (Fsp3) is 0.263. The van der Waals surface area contributed by atoms with E-state index in [2.05, 4.69) is 5.32 Å².